The summed E-state index contributed by atoms with van der Waals surface area (Å²) in [7, 11) is 0. The highest BCUT2D eigenvalue weighted by molar-refractivity contribution is 6.33. The molecule has 0 amide bonds. The summed E-state index contributed by atoms with van der Waals surface area (Å²) in [5.41, 5.74) is 0.693. The van der Waals surface area contributed by atoms with Crippen molar-refractivity contribution in [3.05, 3.63) is 59.1 Å². The van der Waals surface area contributed by atoms with Crippen molar-refractivity contribution in [3.63, 3.8) is 0 Å². The molecule has 2 rings (SSSR count). The van der Waals surface area contributed by atoms with Crippen LogP contribution in [0.25, 0.3) is 11.1 Å². The Hall–Kier alpha value is -1.41. The minimum Gasteiger partial charge on any atom is -0.207 e. The van der Waals surface area contributed by atoms with Crippen LogP contribution in [0.1, 0.15) is 0 Å². The van der Waals surface area contributed by atoms with Crippen LogP contribution in [-0.4, -0.2) is 0 Å². The van der Waals surface area contributed by atoms with Crippen molar-refractivity contribution in [2.24, 2.45) is 0 Å². The van der Waals surface area contributed by atoms with Gasteiger partial charge in [0, 0.05) is 22.2 Å². The summed E-state index contributed by atoms with van der Waals surface area (Å²) >= 11 is 5.88. The Balaban J connectivity index is 2.60. The maximum Gasteiger partial charge on any atom is 0.134 e. The van der Waals surface area contributed by atoms with Gasteiger partial charge in [0.2, 0.25) is 0 Å². The van der Waals surface area contributed by atoms with E-state index in [0.717, 1.165) is 6.07 Å². The van der Waals surface area contributed by atoms with Gasteiger partial charge in [-0.25, -0.2) is 8.78 Å². The average molecular weight is 224 g/mol. The third-order valence-corrected chi connectivity index (χ3v) is 2.32. The first-order valence-electron chi connectivity index (χ1n) is 4.30. The van der Waals surface area contributed by atoms with Crippen molar-refractivity contribution in [3.8, 4) is 11.1 Å². The van der Waals surface area contributed by atoms with Crippen LogP contribution in [0.2, 0.25) is 5.02 Å². The maximum absolute atomic E-state index is 13.4. The van der Waals surface area contributed by atoms with Gasteiger partial charge in [0.05, 0.1) is 0 Å². The highest BCUT2D eigenvalue weighted by Crippen LogP contribution is 2.29. The monoisotopic (exact) mass is 223 g/mol. The molecule has 0 saturated heterocycles. The predicted octanol–water partition coefficient (Wildman–Crippen LogP) is 4.09. The molecule has 0 aliphatic carbocycles. The largest absolute Gasteiger partial charge is 0.207 e. The van der Waals surface area contributed by atoms with Gasteiger partial charge >= 0.3 is 0 Å². The zero-order valence-corrected chi connectivity index (χ0v) is 8.35. The molecule has 2 aromatic carbocycles. The minimum absolute atomic E-state index is 0.252. The van der Waals surface area contributed by atoms with Gasteiger partial charge in [-0.3, -0.25) is 0 Å². The first-order chi connectivity index (χ1) is 7.18. The molecule has 0 aliphatic heterocycles. The van der Waals surface area contributed by atoms with E-state index >= 15 is 0 Å². The lowest BCUT2D eigenvalue weighted by Gasteiger charge is -2.04. The maximum atomic E-state index is 13.4. The second-order valence-electron chi connectivity index (χ2n) is 3.02. The van der Waals surface area contributed by atoms with Crippen LogP contribution in [0, 0.1) is 17.7 Å². The van der Waals surface area contributed by atoms with Crippen molar-refractivity contribution in [1.29, 1.82) is 0 Å². The highest BCUT2D eigenvalue weighted by atomic mass is 35.5. The van der Waals surface area contributed by atoms with Gasteiger partial charge in [-0.1, -0.05) is 23.7 Å². The summed E-state index contributed by atoms with van der Waals surface area (Å²) in [6, 6.07) is 11.2. The summed E-state index contributed by atoms with van der Waals surface area (Å²) in [6.45, 7) is 0. The standard InChI is InChI=1S/C12H6ClF2/c13-11-4-2-1-3-9(11)10-6-5-8(14)7-12(10)15/h1-2,4-7H. The van der Waals surface area contributed by atoms with Crippen molar-refractivity contribution in [1.82, 2.24) is 0 Å². The van der Waals surface area contributed by atoms with E-state index < -0.39 is 11.6 Å². The Kier molecular flexibility index (Phi) is 2.69. The lowest BCUT2D eigenvalue weighted by molar-refractivity contribution is 0.585. The molecule has 0 unspecified atom stereocenters. The van der Waals surface area contributed by atoms with Gasteiger partial charge in [0.1, 0.15) is 11.6 Å². The lowest BCUT2D eigenvalue weighted by atomic mass is 10.1. The predicted molar refractivity (Wildman–Crippen MR) is 55.6 cm³/mol. The van der Waals surface area contributed by atoms with Gasteiger partial charge in [-0.05, 0) is 24.3 Å². The quantitative estimate of drug-likeness (QED) is 0.683. The molecule has 15 heavy (non-hydrogen) atoms. The van der Waals surface area contributed by atoms with Crippen LogP contribution in [0.15, 0.2) is 36.4 Å². The van der Waals surface area contributed by atoms with Crippen LogP contribution >= 0.6 is 11.6 Å². The fraction of sp³-hybridized carbons (Fsp3) is 0. The molecular weight excluding hydrogens is 218 g/mol. The SMILES string of the molecule is Fc1ccc(-c2[c]cccc2Cl)c(F)c1. The normalized spacial score (nSPS) is 10.3. The Bertz CT molecular complexity index is 495. The molecule has 0 heterocycles. The molecule has 1 radical (unpaired) electrons. The van der Waals surface area contributed by atoms with Gasteiger partial charge in [0.25, 0.3) is 0 Å². The van der Waals surface area contributed by atoms with E-state index in [1.54, 1.807) is 18.2 Å². The smallest absolute Gasteiger partial charge is 0.134 e. The van der Waals surface area contributed by atoms with Crippen molar-refractivity contribution < 1.29 is 8.78 Å². The van der Waals surface area contributed by atoms with Crippen molar-refractivity contribution in [2.45, 2.75) is 0 Å². The summed E-state index contributed by atoms with van der Waals surface area (Å²) in [5, 5.41) is 0.392. The first-order valence-corrected chi connectivity index (χ1v) is 4.68. The molecule has 0 N–H and O–H groups in total. The van der Waals surface area contributed by atoms with E-state index in [1.165, 1.54) is 12.1 Å². The Morgan fingerprint density at radius 2 is 1.93 bits per heavy atom. The summed E-state index contributed by atoms with van der Waals surface area (Å²) in [5.74, 6) is -1.25. The van der Waals surface area contributed by atoms with E-state index in [9.17, 15) is 8.78 Å². The molecule has 0 atom stereocenters. The Morgan fingerprint density at radius 3 is 2.60 bits per heavy atom. The van der Waals surface area contributed by atoms with Crippen LogP contribution in [0.5, 0.6) is 0 Å². The van der Waals surface area contributed by atoms with Crippen molar-refractivity contribution in [2.75, 3.05) is 0 Å². The van der Waals surface area contributed by atoms with E-state index in [-0.39, 0.29) is 5.56 Å². The summed E-state index contributed by atoms with van der Waals surface area (Å²) < 4.78 is 26.1. The van der Waals surface area contributed by atoms with Crippen molar-refractivity contribution >= 4 is 11.6 Å². The van der Waals surface area contributed by atoms with E-state index in [1.807, 2.05) is 0 Å². The van der Waals surface area contributed by atoms with Crippen LogP contribution in [-0.2, 0) is 0 Å². The topological polar surface area (TPSA) is 0 Å². The fourth-order valence-electron chi connectivity index (χ4n) is 1.31. The fourth-order valence-corrected chi connectivity index (χ4v) is 1.54. The molecule has 0 spiro atoms. The molecule has 2 aromatic rings. The average Bonchev–Trinajstić information content (AvgIpc) is 2.20. The lowest BCUT2D eigenvalue weighted by Crippen LogP contribution is -1.87. The molecule has 3 heteroatoms. The third kappa shape index (κ3) is 2.00. The number of hydrogen-bond acceptors (Lipinski definition) is 0. The molecule has 0 bridgehead atoms. The molecule has 0 aliphatic rings. The zero-order chi connectivity index (χ0) is 10.8. The third-order valence-electron chi connectivity index (χ3n) is 2.01. The van der Waals surface area contributed by atoms with Crippen LogP contribution < -0.4 is 0 Å². The Labute approximate surface area is 91.1 Å². The number of halogens is 3. The highest BCUT2D eigenvalue weighted by Gasteiger charge is 2.08. The van der Waals surface area contributed by atoms with Crippen LogP contribution in [0.4, 0.5) is 8.78 Å². The summed E-state index contributed by atoms with van der Waals surface area (Å²) in [6.07, 6.45) is 0. The van der Waals surface area contributed by atoms with Gasteiger partial charge in [-0.2, -0.15) is 0 Å². The summed E-state index contributed by atoms with van der Waals surface area (Å²) in [4.78, 5) is 0. The number of benzene rings is 2. The molecule has 75 valence electrons. The number of hydrogen-bond donors (Lipinski definition) is 0. The number of rotatable bonds is 1. The Morgan fingerprint density at radius 1 is 1.13 bits per heavy atom. The van der Waals surface area contributed by atoms with Crippen LogP contribution in [0.3, 0.4) is 0 Å². The molecule has 0 aromatic heterocycles. The second kappa shape index (κ2) is 3.99. The molecule has 0 nitrogen and oxygen atoms in total. The first kappa shape index (κ1) is 10.1. The molecule has 0 fully saturated rings. The van der Waals surface area contributed by atoms with Gasteiger partial charge in [0.15, 0.2) is 0 Å². The van der Waals surface area contributed by atoms with E-state index in [4.69, 9.17) is 11.6 Å². The zero-order valence-electron chi connectivity index (χ0n) is 7.60. The molecule has 0 saturated carbocycles. The van der Waals surface area contributed by atoms with E-state index in [2.05, 4.69) is 6.07 Å². The van der Waals surface area contributed by atoms with Gasteiger partial charge in [-0.15, -0.1) is 0 Å². The second-order valence-corrected chi connectivity index (χ2v) is 3.42. The molecular formula is C12H6ClF2. The van der Waals surface area contributed by atoms with E-state index in [0.29, 0.717) is 10.6 Å². The minimum atomic E-state index is -0.639. The van der Waals surface area contributed by atoms with Gasteiger partial charge < -0.3 is 0 Å².